The number of amides is 1. The first kappa shape index (κ1) is 23.5. The van der Waals surface area contributed by atoms with E-state index in [0.717, 1.165) is 32.3 Å². The van der Waals surface area contributed by atoms with Gasteiger partial charge in [0.25, 0.3) is 0 Å². The molecule has 3 rings (SSSR count). The standard InChI is InChI=1S/C28H39NO2/c1-5-28(4,24-14-10-7-11-15-24)21-26(30)29-18-16-25(22-12-8-6-9-13-22)23-17-19-31-27(2,3)20-23/h6-15,23,25H,5,16-21H2,1-4H3,(H,29,30)/t23-,25+,28+/m0/s1. The Morgan fingerprint density at radius 1 is 1.13 bits per heavy atom. The summed E-state index contributed by atoms with van der Waals surface area (Å²) < 4.78 is 5.96. The Balaban J connectivity index is 1.62. The maximum Gasteiger partial charge on any atom is 0.220 e. The Bertz CT molecular complexity index is 817. The Morgan fingerprint density at radius 3 is 2.39 bits per heavy atom. The van der Waals surface area contributed by atoms with Crippen LogP contribution >= 0.6 is 0 Å². The van der Waals surface area contributed by atoms with Gasteiger partial charge in [-0.3, -0.25) is 4.79 Å². The molecule has 3 atom stereocenters. The van der Waals surface area contributed by atoms with Gasteiger partial charge >= 0.3 is 0 Å². The number of nitrogens with one attached hydrogen (secondary N) is 1. The molecule has 3 nitrogen and oxygen atoms in total. The third-order valence-corrected chi connectivity index (χ3v) is 7.11. The lowest BCUT2D eigenvalue weighted by Crippen LogP contribution is -2.37. The molecule has 2 aromatic carbocycles. The number of benzene rings is 2. The number of hydrogen-bond acceptors (Lipinski definition) is 2. The Hall–Kier alpha value is -2.13. The van der Waals surface area contributed by atoms with Gasteiger partial charge in [0.15, 0.2) is 0 Å². The van der Waals surface area contributed by atoms with E-state index in [2.05, 4.69) is 87.6 Å². The van der Waals surface area contributed by atoms with Crippen LogP contribution in [0.25, 0.3) is 0 Å². The predicted molar refractivity (Wildman–Crippen MR) is 128 cm³/mol. The molecule has 1 aliphatic rings. The molecule has 0 bridgehead atoms. The predicted octanol–water partition coefficient (Wildman–Crippen LogP) is 6.24. The highest BCUT2D eigenvalue weighted by atomic mass is 16.5. The molecular formula is C28H39NO2. The molecule has 0 spiro atoms. The van der Waals surface area contributed by atoms with E-state index >= 15 is 0 Å². The van der Waals surface area contributed by atoms with Crippen molar-refractivity contribution in [3.05, 3.63) is 71.8 Å². The Kier molecular flexibility index (Phi) is 7.94. The van der Waals surface area contributed by atoms with Crippen molar-refractivity contribution in [2.75, 3.05) is 13.2 Å². The van der Waals surface area contributed by atoms with Gasteiger partial charge in [0.1, 0.15) is 0 Å². The Labute approximate surface area is 188 Å². The number of rotatable bonds is 9. The minimum atomic E-state index is -0.130. The lowest BCUT2D eigenvalue weighted by molar-refractivity contribution is -0.122. The number of carbonyl (C=O) groups excluding carboxylic acids is 1. The minimum Gasteiger partial charge on any atom is -0.376 e. The molecule has 0 aromatic heterocycles. The van der Waals surface area contributed by atoms with Crippen molar-refractivity contribution in [1.82, 2.24) is 5.32 Å². The fourth-order valence-electron chi connectivity index (χ4n) is 5.05. The monoisotopic (exact) mass is 421 g/mol. The fraction of sp³-hybridized carbons (Fsp3) is 0.536. The van der Waals surface area contributed by atoms with Gasteiger partial charge in [-0.1, -0.05) is 74.5 Å². The van der Waals surface area contributed by atoms with E-state index in [1.165, 1.54) is 11.1 Å². The van der Waals surface area contributed by atoms with Crippen LogP contribution in [0.4, 0.5) is 0 Å². The van der Waals surface area contributed by atoms with Gasteiger partial charge in [-0.15, -0.1) is 0 Å². The molecule has 0 radical (unpaired) electrons. The van der Waals surface area contributed by atoms with Crippen LogP contribution in [-0.2, 0) is 14.9 Å². The summed E-state index contributed by atoms with van der Waals surface area (Å²) >= 11 is 0. The van der Waals surface area contributed by atoms with Crippen LogP contribution in [0.1, 0.15) is 76.8 Å². The number of ether oxygens (including phenoxy) is 1. The zero-order valence-corrected chi connectivity index (χ0v) is 19.7. The van der Waals surface area contributed by atoms with E-state index in [1.54, 1.807) is 0 Å². The van der Waals surface area contributed by atoms with Gasteiger partial charge in [0.05, 0.1) is 5.60 Å². The van der Waals surface area contributed by atoms with E-state index in [-0.39, 0.29) is 16.9 Å². The van der Waals surface area contributed by atoms with Gasteiger partial charge in [0, 0.05) is 25.0 Å². The second kappa shape index (κ2) is 10.5. The first-order chi connectivity index (χ1) is 14.8. The van der Waals surface area contributed by atoms with Crippen molar-refractivity contribution in [2.45, 2.75) is 76.7 Å². The number of carbonyl (C=O) groups is 1. The van der Waals surface area contributed by atoms with Crippen LogP contribution in [0.5, 0.6) is 0 Å². The summed E-state index contributed by atoms with van der Waals surface area (Å²) in [6.45, 7) is 10.3. The quantitative estimate of drug-likeness (QED) is 0.520. The molecule has 0 saturated carbocycles. The molecule has 1 saturated heterocycles. The average Bonchev–Trinajstić information content (AvgIpc) is 2.77. The molecule has 3 heteroatoms. The second-order valence-electron chi connectivity index (χ2n) is 9.97. The molecule has 31 heavy (non-hydrogen) atoms. The van der Waals surface area contributed by atoms with Crippen LogP contribution in [0.3, 0.4) is 0 Å². The van der Waals surface area contributed by atoms with Crippen LogP contribution in [-0.4, -0.2) is 24.7 Å². The van der Waals surface area contributed by atoms with Gasteiger partial charge in [-0.25, -0.2) is 0 Å². The van der Waals surface area contributed by atoms with Crippen LogP contribution in [0, 0.1) is 5.92 Å². The average molecular weight is 422 g/mol. The lowest BCUT2D eigenvalue weighted by Gasteiger charge is -2.39. The van der Waals surface area contributed by atoms with Crippen LogP contribution in [0.2, 0.25) is 0 Å². The summed E-state index contributed by atoms with van der Waals surface area (Å²) in [5, 5.41) is 3.23. The van der Waals surface area contributed by atoms with E-state index < -0.39 is 0 Å². The third-order valence-electron chi connectivity index (χ3n) is 7.11. The summed E-state index contributed by atoms with van der Waals surface area (Å²) in [7, 11) is 0. The minimum absolute atomic E-state index is 0.0716. The Morgan fingerprint density at radius 2 is 1.77 bits per heavy atom. The highest BCUT2D eigenvalue weighted by Crippen LogP contribution is 2.39. The third kappa shape index (κ3) is 6.43. The summed E-state index contributed by atoms with van der Waals surface area (Å²) in [6, 6.07) is 21.2. The zero-order chi connectivity index (χ0) is 22.3. The van der Waals surface area contributed by atoms with E-state index in [0.29, 0.717) is 24.8 Å². The van der Waals surface area contributed by atoms with Gasteiger partial charge < -0.3 is 10.1 Å². The summed E-state index contributed by atoms with van der Waals surface area (Å²) in [6.07, 6.45) is 4.56. The van der Waals surface area contributed by atoms with Crippen molar-refractivity contribution in [2.24, 2.45) is 5.92 Å². The maximum atomic E-state index is 12.9. The van der Waals surface area contributed by atoms with Crippen molar-refractivity contribution >= 4 is 5.91 Å². The molecule has 1 amide bonds. The van der Waals surface area contributed by atoms with Crippen LogP contribution < -0.4 is 5.32 Å². The molecule has 1 fully saturated rings. The summed E-state index contributed by atoms with van der Waals surface area (Å²) in [4.78, 5) is 12.9. The SMILES string of the molecule is CC[C@](C)(CC(=O)NCC[C@H](c1ccccc1)[C@H]1CCOC(C)(C)C1)c1ccccc1. The molecule has 1 heterocycles. The van der Waals surface area contributed by atoms with Crippen molar-refractivity contribution in [1.29, 1.82) is 0 Å². The topological polar surface area (TPSA) is 38.3 Å². The zero-order valence-electron chi connectivity index (χ0n) is 19.7. The molecule has 0 aliphatic carbocycles. The number of hydrogen-bond donors (Lipinski definition) is 1. The molecule has 2 aromatic rings. The van der Waals surface area contributed by atoms with Gasteiger partial charge in [-0.05, 0) is 62.5 Å². The molecule has 1 N–H and O–H groups in total. The lowest BCUT2D eigenvalue weighted by atomic mass is 9.75. The van der Waals surface area contributed by atoms with Gasteiger partial charge in [0.2, 0.25) is 5.91 Å². The maximum absolute atomic E-state index is 12.9. The van der Waals surface area contributed by atoms with Crippen molar-refractivity contribution in [3.63, 3.8) is 0 Å². The molecule has 1 aliphatic heterocycles. The van der Waals surface area contributed by atoms with E-state index in [4.69, 9.17) is 4.74 Å². The molecule has 0 unspecified atom stereocenters. The first-order valence-electron chi connectivity index (χ1n) is 11.8. The first-order valence-corrected chi connectivity index (χ1v) is 11.8. The largest absolute Gasteiger partial charge is 0.376 e. The summed E-state index contributed by atoms with van der Waals surface area (Å²) in [5.41, 5.74) is 2.41. The fourth-order valence-corrected chi connectivity index (χ4v) is 5.05. The highest BCUT2D eigenvalue weighted by molar-refractivity contribution is 5.77. The van der Waals surface area contributed by atoms with E-state index in [1.807, 2.05) is 6.07 Å². The smallest absolute Gasteiger partial charge is 0.220 e. The molecule has 168 valence electrons. The van der Waals surface area contributed by atoms with Crippen molar-refractivity contribution < 1.29 is 9.53 Å². The normalized spacial score (nSPS) is 21.1. The summed E-state index contributed by atoms with van der Waals surface area (Å²) in [5.74, 6) is 1.16. The molecular weight excluding hydrogens is 382 g/mol. The van der Waals surface area contributed by atoms with Crippen LogP contribution in [0.15, 0.2) is 60.7 Å². The van der Waals surface area contributed by atoms with Crippen molar-refractivity contribution in [3.8, 4) is 0 Å². The highest BCUT2D eigenvalue weighted by Gasteiger charge is 2.34. The second-order valence-corrected chi connectivity index (χ2v) is 9.97. The van der Waals surface area contributed by atoms with Gasteiger partial charge in [-0.2, -0.15) is 0 Å². The van der Waals surface area contributed by atoms with E-state index in [9.17, 15) is 4.79 Å².